The van der Waals surface area contributed by atoms with Crippen LogP contribution in [0.2, 0.25) is 0 Å². The maximum Gasteiger partial charge on any atom is 0.234 e. The number of amides is 2. The number of carbonyl (C=O) groups is 2. The molecule has 0 fully saturated rings. The molecule has 86 valence electrons. The van der Waals surface area contributed by atoms with Crippen LogP contribution in [0.4, 0.5) is 0 Å². The number of rotatable bonds is 5. The maximum atomic E-state index is 11.0. The van der Waals surface area contributed by atoms with Gasteiger partial charge in [0, 0.05) is 0 Å². The van der Waals surface area contributed by atoms with Crippen molar-refractivity contribution in [1.29, 1.82) is 0 Å². The summed E-state index contributed by atoms with van der Waals surface area (Å²) in [5, 5.41) is 0. The van der Waals surface area contributed by atoms with Gasteiger partial charge in [-0.25, -0.2) is 0 Å². The van der Waals surface area contributed by atoms with Crippen LogP contribution in [0.25, 0.3) is 0 Å². The fourth-order valence-corrected chi connectivity index (χ4v) is 1.39. The molecule has 16 heavy (non-hydrogen) atoms. The van der Waals surface area contributed by atoms with Crippen LogP contribution in [-0.4, -0.2) is 18.4 Å². The van der Waals surface area contributed by atoms with Crippen LogP contribution in [0.3, 0.4) is 0 Å². The van der Waals surface area contributed by atoms with Gasteiger partial charge >= 0.3 is 0 Å². The van der Waals surface area contributed by atoms with Crippen LogP contribution in [-0.2, 0) is 9.59 Å². The van der Waals surface area contributed by atoms with Crippen molar-refractivity contribution in [3.05, 3.63) is 29.8 Å². The number of carbonyl (C=O) groups excluding carboxylic acids is 2. The Morgan fingerprint density at radius 1 is 1.19 bits per heavy atom. The molecule has 1 rings (SSSR count). The number of ether oxygens (including phenoxy) is 1. The number of benzene rings is 1. The molecule has 5 nitrogen and oxygen atoms in total. The van der Waals surface area contributed by atoms with Gasteiger partial charge in [-0.3, -0.25) is 9.59 Å². The maximum absolute atomic E-state index is 11.0. The Morgan fingerprint density at radius 2 is 1.69 bits per heavy atom. The quantitative estimate of drug-likeness (QED) is 0.693. The molecule has 0 atom stereocenters. The Hall–Kier alpha value is -2.04. The van der Waals surface area contributed by atoms with Gasteiger partial charge in [-0.15, -0.1) is 0 Å². The Kier molecular flexibility index (Phi) is 3.88. The number of hydrogen-bond donors (Lipinski definition) is 2. The third-order valence-corrected chi connectivity index (χ3v) is 2.09. The highest BCUT2D eigenvalue weighted by Gasteiger charge is 2.23. The summed E-state index contributed by atoms with van der Waals surface area (Å²) >= 11 is 0. The SMILES string of the molecule is CCOc1ccc(C(C(N)=O)C(N)=O)cc1. The fraction of sp³-hybridized carbons (Fsp3) is 0.273. The van der Waals surface area contributed by atoms with E-state index in [1.807, 2.05) is 6.92 Å². The van der Waals surface area contributed by atoms with E-state index in [-0.39, 0.29) is 0 Å². The van der Waals surface area contributed by atoms with Gasteiger partial charge in [0.2, 0.25) is 11.8 Å². The second kappa shape index (κ2) is 5.16. The molecule has 1 aromatic rings. The predicted molar refractivity (Wildman–Crippen MR) is 58.7 cm³/mol. The molecule has 2 amide bonds. The number of hydrogen-bond acceptors (Lipinski definition) is 3. The lowest BCUT2D eigenvalue weighted by Crippen LogP contribution is -2.32. The molecular weight excluding hydrogens is 208 g/mol. The molecular formula is C11H14N2O3. The molecule has 0 heterocycles. The van der Waals surface area contributed by atoms with Crippen molar-refractivity contribution in [2.45, 2.75) is 12.8 Å². The summed E-state index contributed by atoms with van der Waals surface area (Å²) in [6, 6.07) is 6.53. The summed E-state index contributed by atoms with van der Waals surface area (Å²) in [4.78, 5) is 22.1. The molecule has 0 unspecified atom stereocenters. The van der Waals surface area contributed by atoms with E-state index in [4.69, 9.17) is 16.2 Å². The van der Waals surface area contributed by atoms with Crippen LogP contribution < -0.4 is 16.2 Å². The van der Waals surface area contributed by atoms with E-state index in [1.54, 1.807) is 24.3 Å². The average Bonchev–Trinajstić information content (AvgIpc) is 2.20. The smallest absolute Gasteiger partial charge is 0.234 e. The van der Waals surface area contributed by atoms with E-state index in [9.17, 15) is 9.59 Å². The van der Waals surface area contributed by atoms with Crippen LogP contribution in [0, 0.1) is 0 Å². The minimum atomic E-state index is -1.09. The average molecular weight is 222 g/mol. The summed E-state index contributed by atoms with van der Waals surface area (Å²) in [7, 11) is 0. The molecule has 0 aromatic heterocycles. The van der Waals surface area contributed by atoms with Gasteiger partial charge in [-0.05, 0) is 24.6 Å². The molecule has 0 spiro atoms. The van der Waals surface area contributed by atoms with E-state index >= 15 is 0 Å². The minimum Gasteiger partial charge on any atom is -0.494 e. The van der Waals surface area contributed by atoms with Crippen LogP contribution >= 0.6 is 0 Å². The third kappa shape index (κ3) is 2.73. The number of nitrogens with two attached hydrogens (primary N) is 2. The zero-order chi connectivity index (χ0) is 12.1. The van der Waals surface area contributed by atoms with E-state index in [0.29, 0.717) is 17.9 Å². The first-order valence-corrected chi connectivity index (χ1v) is 4.87. The first-order chi connectivity index (χ1) is 7.56. The summed E-state index contributed by atoms with van der Waals surface area (Å²) in [5.41, 5.74) is 10.7. The second-order valence-electron chi connectivity index (χ2n) is 3.24. The highest BCUT2D eigenvalue weighted by Crippen LogP contribution is 2.19. The van der Waals surface area contributed by atoms with Gasteiger partial charge < -0.3 is 16.2 Å². The topological polar surface area (TPSA) is 95.4 Å². The van der Waals surface area contributed by atoms with E-state index in [1.165, 1.54) is 0 Å². The van der Waals surface area contributed by atoms with Gasteiger partial charge in [-0.1, -0.05) is 12.1 Å². The molecule has 0 aliphatic heterocycles. The van der Waals surface area contributed by atoms with Crippen LogP contribution in [0.1, 0.15) is 18.4 Å². The zero-order valence-electron chi connectivity index (χ0n) is 8.97. The number of primary amides is 2. The summed E-state index contributed by atoms with van der Waals surface area (Å²) < 4.78 is 5.23. The van der Waals surface area contributed by atoms with Gasteiger partial charge in [0.05, 0.1) is 6.61 Å². The zero-order valence-corrected chi connectivity index (χ0v) is 8.97. The summed E-state index contributed by atoms with van der Waals surface area (Å²) in [6.45, 7) is 2.41. The van der Waals surface area contributed by atoms with Crippen LogP contribution in [0.5, 0.6) is 5.75 Å². The highest BCUT2D eigenvalue weighted by atomic mass is 16.5. The molecule has 5 heteroatoms. The van der Waals surface area contributed by atoms with Crippen molar-refractivity contribution in [1.82, 2.24) is 0 Å². The minimum absolute atomic E-state index is 0.475. The van der Waals surface area contributed by atoms with Crippen LogP contribution in [0.15, 0.2) is 24.3 Å². The van der Waals surface area contributed by atoms with Gasteiger partial charge in [0.25, 0.3) is 0 Å². The van der Waals surface area contributed by atoms with Gasteiger partial charge in [0.15, 0.2) is 0 Å². The summed E-state index contributed by atoms with van der Waals surface area (Å²) in [6.07, 6.45) is 0. The second-order valence-corrected chi connectivity index (χ2v) is 3.24. The van der Waals surface area contributed by atoms with Crippen molar-refractivity contribution in [2.75, 3.05) is 6.61 Å². The largest absolute Gasteiger partial charge is 0.494 e. The fourth-order valence-electron chi connectivity index (χ4n) is 1.39. The van der Waals surface area contributed by atoms with E-state index < -0.39 is 17.7 Å². The first-order valence-electron chi connectivity index (χ1n) is 4.87. The molecule has 0 aliphatic rings. The van der Waals surface area contributed by atoms with E-state index in [0.717, 1.165) is 0 Å². The highest BCUT2D eigenvalue weighted by molar-refractivity contribution is 6.04. The van der Waals surface area contributed by atoms with Crippen molar-refractivity contribution >= 4 is 11.8 Å². The lowest BCUT2D eigenvalue weighted by atomic mass is 9.98. The first kappa shape index (κ1) is 12.0. The Balaban J connectivity index is 2.94. The molecule has 1 aromatic carbocycles. The molecule has 0 aliphatic carbocycles. The molecule has 0 saturated carbocycles. The van der Waals surface area contributed by atoms with Crippen molar-refractivity contribution in [3.8, 4) is 5.75 Å². The Morgan fingerprint density at radius 3 is 2.06 bits per heavy atom. The predicted octanol–water partition coefficient (Wildman–Crippen LogP) is 0.139. The standard InChI is InChI=1S/C11H14N2O3/c1-2-16-8-5-3-7(4-6-8)9(10(12)14)11(13)15/h3-6,9H,2H2,1H3,(H2,12,14)(H2,13,15). The van der Waals surface area contributed by atoms with Crippen molar-refractivity contribution in [3.63, 3.8) is 0 Å². The molecule has 4 N–H and O–H groups in total. The Bertz CT molecular complexity index is 373. The Labute approximate surface area is 93.4 Å². The normalized spacial score (nSPS) is 10.1. The molecule has 0 saturated heterocycles. The lowest BCUT2D eigenvalue weighted by Gasteiger charge is -2.10. The van der Waals surface area contributed by atoms with Gasteiger partial charge in [0.1, 0.15) is 11.7 Å². The third-order valence-electron chi connectivity index (χ3n) is 2.09. The van der Waals surface area contributed by atoms with E-state index in [2.05, 4.69) is 0 Å². The lowest BCUT2D eigenvalue weighted by molar-refractivity contribution is -0.128. The molecule has 0 bridgehead atoms. The van der Waals surface area contributed by atoms with Crippen molar-refractivity contribution < 1.29 is 14.3 Å². The molecule has 0 radical (unpaired) electrons. The van der Waals surface area contributed by atoms with Gasteiger partial charge in [-0.2, -0.15) is 0 Å². The summed E-state index contributed by atoms with van der Waals surface area (Å²) in [5.74, 6) is -1.93. The van der Waals surface area contributed by atoms with Crippen molar-refractivity contribution in [2.24, 2.45) is 11.5 Å². The monoisotopic (exact) mass is 222 g/mol.